The molecule has 1 amide bonds. The summed E-state index contributed by atoms with van der Waals surface area (Å²) in [5.41, 5.74) is 1.09. The van der Waals surface area contributed by atoms with Gasteiger partial charge in [0.25, 0.3) is 0 Å². The fourth-order valence-corrected chi connectivity index (χ4v) is 2.52. The smallest absolute Gasteiger partial charge is 0.414 e. The summed E-state index contributed by atoms with van der Waals surface area (Å²) in [5.74, 6) is 0.712. The van der Waals surface area contributed by atoms with Gasteiger partial charge in [0.05, 0.1) is 6.61 Å². The molecule has 2 rings (SSSR count). The lowest BCUT2D eigenvalue weighted by atomic mass is 10.0. The van der Waals surface area contributed by atoms with Gasteiger partial charge in [0.1, 0.15) is 17.3 Å². The second kappa shape index (κ2) is 9.20. The van der Waals surface area contributed by atoms with Gasteiger partial charge in [-0.25, -0.2) is 9.18 Å². The van der Waals surface area contributed by atoms with Crippen LogP contribution in [0.1, 0.15) is 18.0 Å². The first kappa shape index (κ1) is 19.7. The molecule has 0 aliphatic carbocycles. The Balaban J connectivity index is 1.97. The Hall–Kier alpha value is -2.60. The SMILES string of the molecule is CN(C)C(=O)Oc1ccc(C(CCOc2cccc(F)c2)N(C)C)cc1. The third-order valence-corrected chi connectivity index (χ3v) is 3.91. The fourth-order valence-electron chi connectivity index (χ4n) is 2.52. The summed E-state index contributed by atoms with van der Waals surface area (Å²) < 4.78 is 24.1. The van der Waals surface area contributed by atoms with Crippen LogP contribution in [0.5, 0.6) is 11.5 Å². The summed E-state index contributed by atoms with van der Waals surface area (Å²) in [6.45, 7) is 0.462. The largest absolute Gasteiger partial charge is 0.493 e. The highest BCUT2D eigenvalue weighted by molar-refractivity contribution is 5.69. The number of carbonyl (C=O) groups excluding carboxylic acids is 1. The van der Waals surface area contributed by atoms with E-state index in [1.54, 1.807) is 38.4 Å². The standard InChI is InChI=1S/C20H25FN2O3/c1-22(2)19(12-13-25-18-7-5-6-16(21)14-18)15-8-10-17(11-9-15)26-20(24)23(3)4/h5-11,14,19H,12-13H2,1-4H3. The summed E-state index contributed by atoms with van der Waals surface area (Å²) in [6.07, 6.45) is 0.325. The van der Waals surface area contributed by atoms with Gasteiger partial charge in [-0.2, -0.15) is 0 Å². The maximum atomic E-state index is 13.2. The molecule has 2 aromatic rings. The van der Waals surface area contributed by atoms with Crippen molar-refractivity contribution < 1.29 is 18.7 Å². The minimum Gasteiger partial charge on any atom is -0.493 e. The molecule has 140 valence electrons. The van der Waals surface area contributed by atoms with E-state index in [0.717, 1.165) is 12.0 Å². The van der Waals surface area contributed by atoms with Gasteiger partial charge in [0, 0.05) is 32.6 Å². The van der Waals surface area contributed by atoms with Gasteiger partial charge in [0.15, 0.2) is 0 Å². The normalized spacial score (nSPS) is 11.9. The zero-order valence-electron chi connectivity index (χ0n) is 15.6. The molecule has 0 bridgehead atoms. The summed E-state index contributed by atoms with van der Waals surface area (Å²) in [6, 6.07) is 13.7. The van der Waals surface area contributed by atoms with Crippen LogP contribution in [0.2, 0.25) is 0 Å². The zero-order chi connectivity index (χ0) is 19.1. The fraction of sp³-hybridized carbons (Fsp3) is 0.350. The Morgan fingerprint density at radius 2 is 1.73 bits per heavy atom. The molecular formula is C20H25FN2O3. The lowest BCUT2D eigenvalue weighted by Gasteiger charge is -2.25. The Morgan fingerprint density at radius 1 is 1.04 bits per heavy atom. The van der Waals surface area contributed by atoms with Crippen LogP contribution < -0.4 is 9.47 Å². The Labute approximate surface area is 153 Å². The lowest BCUT2D eigenvalue weighted by molar-refractivity contribution is 0.172. The molecule has 0 aliphatic heterocycles. The first-order valence-electron chi connectivity index (χ1n) is 8.40. The van der Waals surface area contributed by atoms with Crippen molar-refractivity contribution in [2.45, 2.75) is 12.5 Å². The van der Waals surface area contributed by atoms with Crippen molar-refractivity contribution in [1.82, 2.24) is 9.80 Å². The van der Waals surface area contributed by atoms with E-state index in [-0.39, 0.29) is 11.9 Å². The molecule has 0 spiro atoms. The number of carbonyl (C=O) groups is 1. The van der Waals surface area contributed by atoms with Gasteiger partial charge >= 0.3 is 6.09 Å². The highest BCUT2D eigenvalue weighted by atomic mass is 19.1. The van der Waals surface area contributed by atoms with Gasteiger partial charge < -0.3 is 19.3 Å². The monoisotopic (exact) mass is 360 g/mol. The Kier molecular flexibility index (Phi) is 6.97. The van der Waals surface area contributed by atoms with Crippen molar-refractivity contribution in [1.29, 1.82) is 0 Å². The number of hydrogen-bond acceptors (Lipinski definition) is 4. The van der Waals surface area contributed by atoms with Crippen LogP contribution in [-0.4, -0.2) is 50.7 Å². The summed E-state index contributed by atoms with van der Waals surface area (Å²) in [5, 5.41) is 0. The number of benzene rings is 2. The van der Waals surface area contributed by atoms with E-state index >= 15 is 0 Å². The predicted molar refractivity (Wildman–Crippen MR) is 99.1 cm³/mol. The molecule has 0 saturated carbocycles. The molecule has 0 aliphatic rings. The van der Waals surface area contributed by atoms with E-state index in [2.05, 4.69) is 4.90 Å². The maximum Gasteiger partial charge on any atom is 0.414 e. The minimum absolute atomic E-state index is 0.127. The van der Waals surface area contributed by atoms with Crippen molar-refractivity contribution in [2.75, 3.05) is 34.8 Å². The molecule has 2 aromatic carbocycles. The van der Waals surface area contributed by atoms with Gasteiger partial charge in [-0.1, -0.05) is 18.2 Å². The molecule has 26 heavy (non-hydrogen) atoms. The third kappa shape index (κ3) is 5.74. The van der Waals surface area contributed by atoms with E-state index in [9.17, 15) is 9.18 Å². The molecule has 1 unspecified atom stereocenters. The molecule has 6 heteroatoms. The average molecular weight is 360 g/mol. The third-order valence-electron chi connectivity index (χ3n) is 3.91. The average Bonchev–Trinajstić information content (AvgIpc) is 2.59. The summed E-state index contributed by atoms with van der Waals surface area (Å²) in [4.78, 5) is 15.1. The van der Waals surface area contributed by atoms with Crippen LogP contribution in [0.4, 0.5) is 9.18 Å². The number of halogens is 1. The van der Waals surface area contributed by atoms with E-state index in [4.69, 9.17) is 9.47 Å². The number of ether oxygens (including phenoxy) is 2. The second-order valence-electron chi connectivity index (χ2n) is 6.41. The summed E-state index contributed by atoms with van der Waals surface area (Å²) >= 11 is 0. The topological polar surface area (TPSA) is 42.0 Å². The highest BCUT2D eigenvalue weighted by Crippen LogP contribution is 2.25. The van der Waals surface area contributed by atoms with Crippen molar-refractivity contribution in [3.05, 3.63) is 59.9 Å². The van der Waals surface area contributed by atoms with E-state index < -0.39 is 6.09 Å². The maximum absolute atomic E-state index is 13.2. The zero-order valence-corrected chi connectivity index (χ0v) is 15.6. The van der Waals surface area contributed by atoms with Gasteiger partial charge in [-0.05, 0) is 43.9 Å². The predicted octanol–water partition coefficient (Wildman–Crippen LogP) is 3.96. The molecule has 0 radical (unpaired) electrons. The van der Waals surface area contributed by atoms with Crippen LogP contribution >= 0.6 is 0 Å². The molecule has 0 aromatic heterocycles. The van der Waals surface area contributed by atoms with Gasteiger partial charge in [-0.3, -0.25) is 0 Å². The number of rotatable bonds is 7. The van der Waals surface area contributed by atoms with Crippen molar-refractivity contribution in [3.63, 3.8) is 0 Å². The van der Waals surface area contributed by atoms with E-state index in [1.165, 1.54) is 17.0 Å². The van der Waals surface area contributed by atoms with Crippen LogP contribution in [0.25, 0.3) is 0 Å². The van der Waals surface area contributed by atoms with Gasteiger partial charge in [0.2, 0.25) is 0 Å². The minimum atomic E-state index is -0.412. The lowest BCUT2D eigenvalue weighted by Crippen LogP contribution is -2.25. The van der Waals surface area contributed by atoms with Crippen LogP contribution in [0.3, 0.4) is 0 Å². The van der Waals surface area contributed by atoms with Crippen LogP contribution in [0.15, 0.2) is 48.5 Å². The molecule has 0 fully saturated rings. The quantitative estimate of drug-likeness (QED) is 0.750. The van der Waals surface area contributed by atoms with E-state index in [0.29, 0.717) is 18.1 Å². The van der Waals surface area contributed by atoms with Crippen molar-refractivity contribution >= 4 is 6.09 Å². The highest BCUT2D eigenvalue weighted by Gasteiger charge is 2.15. The number of amides is 1. The first-order chi connectivity index (χ1) is 12.4. The molecule has 0 heterocycles. The molecule has 0 saturated heterocycles. The number of hydrogen-bond donors (Lipinski definition) is 0. The Bertz CT molecular complexity index is 717. The number of nitrogens with zero attached hydrogens (tertiary/aromatic N) is 2. The van der Waals surface area contributed by atoms with E-state index in [1.807, 2.05) is 26.2 Å². The van der Waals surface area contributed by atoms with Crippen molar-refractivity contribution in [3.8, 4) is 11.5 Å². The second-order valence-corrected chi connectivity index (χ2v) is 6.41. The first-order valence-corrected chi connectivity index (χ1v) is 8.40. The Morgan fingerprint density at radius 3 is 2.31 bits per heavy atom. The van der Waals surface area contributed by atoms with Crippen LogP contribution in [0, 0.1) is 5.82 Å². The van der Waals surface area contributed by atoms with Gasteiger partial charge in [-0.15, -0.1) is 0 Å². The van der Waals surface area contributed by atoms with Crippen LogP contribution in [-0.2, 0) is 0 Å². The molecule has 1 atom stereocenters. The summed E-state index contributed by atoms with van der Waals surface area (Å²) in [7, 11) is 7.26. The molecular weight excluding hydrogens is 335 g/mol. The molecule has 0 N–H and O–H groups in total. The molecule has 5 nitrogen and oxygen atoms in total. The van der Waals surface area contributed by atoms with Crippen molar-refractivity contribution in [2.24, 2.45) is 0 Å².